The van der Waals surface area contributed by atoms with Crippen LogP contribution in [0.15, 0.2) is 0 Å². The summed E-state index contributed by atoms with van der Waals surface area (Å²) in [6.07, 6.45) is 3.29. The first kappa shape index (κ1) is 13.9. The summed E-state index contributed by atoms with van der Waals surface area (Å²) >= 11 is 0. The van der Waals surface area contributed by atoms with Crippen LogP contribution in [0.25, 0.3) is 0 Å². The summed E-state index contributed by atoms with van der Waals surface area (Å²) in [5.74, 6) is 0.836. The quantitative estimate of drug-likeness (QED) is 0.690. The molecule has 0 aromatic heterocycles. The van der Waals surface area contributed by atoms with Crippen LogP contribution in [0.3, 0.4) is 0 Å². The van der Waals surface area contributed by atoms with Crippen molar-refractivity contribution < 1.29 is 9.84 Å². The van der Waals surface area contributed by atoms with Gasteiger partial charge in [0.15, 0.2) is 0 Å². The molecule has 96 valence electrons. The van der Waals surface area contributed by atoms with Gasteiger partial charge in [-0.05, 0) is 39.0 Å². The van der Waals surface area contributed by atoms with Crippen LogP contribution in [0.4, 0.5) is 0 Å². The highest BCUT2D eigenvalue weighted by atomic mass is 16.5. The minimum atomic E-state index is -0.224. The first-order valence-electron chi connectivity index (χ1n) is 6.54. The summed E-state index contributed by atoms with van der Waals surface area (Å²) < 4.78 is 5.16. The number of rotatable bonds is 8. The van der Waals surface area contributed by atoms with E-state index in [-0.39, 0.29) is 12.1 Å². The lowest BCUT2D eigenvalue weighted by Gasteiger charge is -2.37. The molecule has 0 aromatic carbocycles. The van der Waals surface area contributed by atoms with Crippen molar-refractivity contribution in [2.75, 3.05) is 20.3 Å². The summed E-state index contributed by atoms with van der Waals surface area (Å²) in [7, 11) is 1.74. The molecule has 0 aliphatic heterocycles. The van der Waals surface area contributed by atoms with E-state index in [9.17, 15) is 5.11 Å². The van der Waals surface area contributed by atoms with Crippen molar-refractivity contribution in [1.29, 1.82) is 0 Å². The fraction of sp³-hybridized carbons (Fsp3) is 1.00. The van der Waals surface area contributed by atoms with Crippen LogP contribution in [0, 0.1) is 5.92 Å². The van der Waals surface area contributed by atoms with Gasteiger partial charge in [0.05, 0.1) is 12.7 Å². The SMILES string of the molecule is CCC(O)C(C)N(CCOC)C(C)C1CC1. The molecule has 0 aromatic rings. The Kier molecular flexibility index (Phi) is 5.73. The highest BCUT2D eigenvalue weighted by molar-refractivity contribution is 4.88. The molecule has 0 heterocycles. The summed E-state index contributed by atoms with van der Waals surface area (Å²) in [6.45, 7) is 8.12. The molecule has 1 saturated carbocycles. The van der Waals surface area contributed by atoms with Crippen molar-refractivity contribution in [2.45, 2.75) is 58.2 Å². The Morgan fingerprint density at radius 3 is 2.44 bits per heavy atom. The third-order valence-corrected chi connectivity index (χ3v) is 3.88. The van der Waals surface area contributed by atoms with Crippen molar-refractivity contribution in [3.8, 4) is 0 Å². The molecule has 3 atom stereocenters. The van der Waals surface area contributed by atoms with Gasteiger partial charge in [-0.2, -0.15) is 0 Å². The number of nitrogens with zero attached hydrogens (tertiary/aromatic N) is 1. The molecular weight excluding hydrogens is 202 g/mol. The van der Waals surface area contributed by atoms with Gasteiger partial charge in [-0.1, -0.05) is 6.92 Å². The van der Waals surface area contributed by atoms with E-state index in [0.29, 0.717) is 6.04 Å². The molecule has 0 amide bonds. The van der Waals surface area contributed by atoms with Crippen LogP contribution in [-0.4, -0.2) is 48.5 Å². The van der Waals surface area contributed by atoms with Gasteiger partial charge in [-0.3, -0.25) is 4.90 Å². The van der Waals surface area contributed by atoms with Gasteiger partial charge in [-0.15, -0.1) is 0 Å². The molecule has 1 aliphatic rings. The van der Waals surface area contributed by atoms with E-state index >= 15 is 0 Å². The van der Waals surface area contributed by atoms with Gasteiger partial charge in [-0.25, -0.2) is 0 Å². The maximum Gasteiger partial charge on any atom is 0.0690 e. The lowest BCUT2D eigenvalue weighted by atomic mass is 10.0. The summed E-state index contributed by atoms with van der Waals surface area (Å²) in [4.78, 5) is 2.41. The molecule has 3 heteroatoms. The van der Waals surface area contributed by atoms with E-state index in [1.165, 1.54) is 12.8 Å². The molecule has 0 radical (unpaired) electrons. The Labute approximate surface area is 99.8 Å². The summed E-state index contributed by atoms with van der Waals surface area (Å²) in [5.41, 5.74) is 0. The lowest BCUT2D eigenvalue weighted by molar-refractivity contribution is 0.0147. The molecular formula is C13H27NO2. The van der Waals surface area contributed by atoms with Gasteiger partial charge >= 0.3 is 0 Å². The maximum atomic E-state index is 9.96. The highest BCUT2D eigenvalue weighted by Gasteiger charge is 2.35. The minimum absolute atomic E-state index is 0.224. The fourth-order valence-electron chi connectivity index (χ4n) is 2.39. The van der Waals surface area contributed by atoms with Gasteiger partial charge in [0.25, 0.3) is 0 Å². The maximum absolute atomic E-state index is 9.96. The number of hydrogen-bond donors (Lipinski definition) is 1. The zero-order valence-corrected chi connectivity index (χ0v) is 11.1. The van der Waals surface area contributed by atoms with Crippen LogP contribution in [0.1, 0.15) is 40.0 Å². The molecule has 0 spiro atoms. The Balaban J connectivity index is 2.53. The number of methoxy groups -OCH3 is 1. The normalized spacial score (nSPS) is 22.1. The van der Waals surface area contributed by atoms with Crippen molar-refractivity contribution in [2.24, 2.45) is 5.92 Å². The molecule has 16 heavy (non-hydrogen) atoms. The molecule has 1 N–H and O–H groups in total. The van der Waals surface area contributed by atoms with E-state index in [1.54, 1.807) is 7.11 Å². The predicted octanol–water partition coefficient (Wildman–Crippen LogP) is 1.89. The number of aliphatic hydroxyl groups excluding tert-OH is 1. The summed E-state index contributed by atoms with van der Waals surface area (Å²) in [6, 6.07) is 0.807. The van der Waals surface area contributed by atoms with E-state index in [0.717, 1.165) is 25.5 Å². The average molecular weight is 229 g/mol. The van der Waals surface area contributed by atoms with Gasteiger partial charge in [0.1, 0.15) is 0 Å². The van der Waals surface area contributed by atoms with Crippen molar-refractivity contribution in [3.63, 3.8) is 0 Å². The first-order valence-corrected chi connectivity index (χ1v) is 6.54. The minimum Gasteiger partial charge on any atom is -0.392 e. The lowest BCUT2D eigenvalue weighted by Crippen LogP contribution is -2.48. The molecule has 0 bridgehead atoms. The Morgan fingerprint density at radius 2 is 2.00 bits per heavy atom. The Bertz CT molecular complexity index is 194. The molecule has 3 nitrogen and oxygen atoms in total. The van der Waals surface area contributed by atoms with Crippen molar-refractivity contribution >= 4 is 0 Å². The topological polar surface area (TPSA) is 32.7 Å². The van der Waals surface area contributed by atoms with E-state index in [1.807, 2.05) is 6.92 Å². The second kappa shape index (κ2) is 6.58. The van der Waals surface area contributed by atoms with E-state index in [2.05, 4.69) is 18.7 Å². The molecule has 3 unspecified atom stereocenters. The van der Waals surface area contributed by atoms with Crippen molar-refractivity contribution in [3.05, 3.63) is 0 Å². The zero-order chi connectivity index (χ0) is 12.1. The number of hydrogen-bond acceptors (Lipinski definition) is 3. The third-order valence-electron chi connectivity index (χ3n) is 3.88. The first-order chi connectivity index (χ1) is 7.61. The molecule has 1 fully saturated rings. The fourth-order valence-corrected chi connectivity index (χ4v) is 2.39. The Hall–Kier alpha value is -0.120. The average Bonchev–Trinajstić information content (AvgIpc) is 3.11. The highest BCUT2D eigenvalue weighted by Crippen LogP contribution is 2.36. The third kappa shape index (κ3) is 3.72. The van der Waals surface area contributed by atoms with E-state index in [4.69, 9.17) is 4.74 Å². The van der Waals surface area contributed by atoms with Gasteiger partial charge in [0.2, 0.25) is 0 Å². The predicted molar refractivity (Wildman–Crippen MR) is 66.5 cm³/mol. The smallest absolute Gasteiger partial charge is 0.0690 e. The molecule has 0 saturated heterocycles. The van der Waals surface area contributed by atoms with Crippen LogP contribution < -0.4 is 0 Å². The monoisotopic (exact) mass is 229 g/mol. The van der Waals surface area contributed by atoms with Crippen LogP contribution >= 0.6 is 0 Å². The molecule has 1 rings (SSSR count). The number of ether oxygens (including phenoxy) is 1. The summed E-state index contributed by atoms with van der Waals surface area (Å²) in [5, 5.41) is 9.96. The second-order valence-corrected chi connectivity index (χ2v) is 5.02. The van der Waals surface area contributed by atoms with Gasteiger partial charge < -0.3 is 9.84 Å². The van der Waals surface area contributed by atoms with Crippen LogP contribution in [0.2, 0.25) is 0 Å². The standard InChI is InChI=1S/C13H27NO2/c1-5-13(15)11(3)14(8-9-16-4)10(2)12-6-7-12/h10-13,15H,5-9H2,1-4H3. The largest absolute Gasteiger partial charge is 0.392 e. The van der Waals surface area contributed by atoms with Crippen LogP contribution in [0.5, 0.6) is 0 Å². The van der Waals surface area contributed by atoms with Crippen LogP contribution in [-0.2, 0) is 4.74 Å². The Morgan fingerprint density at radius 1 is 1.38 bits per heavy atom. The zero-order valence-electron chi connectivity index (χ0n) is 11.1. The van der Waals surface area contributed by atoms with Gasteiger partial charge in [0, 0.05) is 25.7 Å². The molecule has 1 aliphatic carbocycles. The van der Waals surface area contributed by atoms with Crippen molar-refractivity contribution in [1.82, 2.24) is 4.90 Å². The van der Waals surface area contributed by atoms with E-state index < -0.39 is 0 Å². The second-order valence-electron chi connectivity index (χ2n) is 5.02. The number of aliphatic hydroxyl groups is 1.